The third-order valence-corrected chi connectivity index (χ3v) is 1.42. The van der Waals surface area contributed by atoms with Gasteiger partial charge >= 0.3 is 0 Å². The predicted molar refractivity (Wildman–Crippen MR) is 53.1 cm³/mol. The smallest absolute Gasteiger partial charge is 0.300 e. The zero-order valence-electron chi connectivity index (χ0n) is 6.37. The van der Waals surface area contributed by atoms with Crippen LogP contribution in [0.5, 0.6) is 0 Å². The number of carbonyl (C=O) groups is 1. The standard InChI is InChI=1S/C5H4INO.C2H4O2/c6-4-1-2-5(8)7-3-4;1-2(3)4/h1-3H,(H,7,8);1H3,(H,3,4). The molecule has 1 heterocycles. The Kier molecular flexibility index (Phi) is 5.35. The monoisotopic (exact) mass is 281 g/mol. The molecule has 0 bridgehead atoms. The maximum Gasteiger partial charge on any atom is 0.300 e. The fraction of sp³-hybridized carbons (Fsp3) is 0.143. The van der Waals surface area contributed by atoms with E-state index in [9.17, 15) is 4.79 Å². The second kappa shape index (κ2) is 5.76. The molecule has 1 aromatic rings. The van der Waals surface area contributed by atoms with Crippen molar-refractivity contribution in [3.8, 4) is 0 Å². The Hall–Kier alpha value is -0.850. The van der Waals surface area contributed by atoms with Crippen LogP contribution < -0.4 is 5.56 Å². The van der Waals surface area contributed by atoms with Crippen molar-refractivity contribution in [1.29, 1.82) is 0 Å². The second-order valence-electron chi connectivity index (χ2n) is 1.89. The lowest BCUT2D eigenvalue weighted by molar-refractivity contribution is -0.134. The Labute approximate surface area is 82.8 Å². The van der Waals surface area contributed by atoms with Gasteiger partial charge in [-0.05, 0) is 28.7 Å². The Bertz CT molecular complexity index is 283. The van der Waals surface area contributed by atoms with E-state index in [-0.39, 0.29) is 5.56 Å². The highest BCUT2D eigenvalue weighted by Gasteiger charge is 1.80. The molecule has 0 saturated heterocycles. The molecule has 66 valence electrons. The van der Waals surface area contributed by atoms with E-state index < -0.39 is 5.97 Å². The number of hydrogen-bond acceptors (Lipinski definition) is 2. The van der Waals surface area contributed by atoms with Crippen LogP contribution in [0.2, 0.25) is 0 Å². The summed E-state index contributed by atoms with van der Waals surface area (Å²) in [5.41, 5.74) is -0.0505. The molecule has 0 radical (unpaired) electrons. The number of rotatable bonds is 0. The van der Waals surface area contributed by atoms with Crippen LogP contribution in [0.3, 0.4) is 0 Å². The molecule has 0 amide bonds. The molecule has 0 fully saturated rings. The number of H-pyrrole nitrogens is 1. The predicted octanol–water partition coefficient (Wildman–Crippen LogP) is 1.07. The van der Waals surface area contributed by atoms with Crippen molar-refractivity contribution in [2.75, 3.05) is 0 Å². The van der Waals surface area contributed by atoms with Crippen LogP contribution in [0.4, 0.5) is 0 Å². The highest BCUT2D eigenvalue weighted by Crippen LogP contribution is 1.95. The quantitative estimate of drug-likeness (QED) is 0.699. The number of hydrogen-bond donors (Lipinski definition) is 2. The Morgan fingerprint density at radius 3 is 2.33 bits per heavy atom. The SMILES string of the molecule is CC(=O)O.O=c1ccc(I)c[nH]1. The molecule has 0 aliphatic carbocycles. The van der Waals surface area contributed by atoms with Crippen molar-refractivity contribution in [2.45, 2.75) is 6.92 Å². The second-order valence-corrected chi connectivity index (χ2v) is 3.14. The average molecular weight is 281 g/mol. The summed E-state index contributed by atoms with van der Waals surface area (Å²) in [5, 5.41) is 7.42. The number of carboxylic acids is 1. The van der Waals surface area contributed by atoms with Gasteiger partial charge in [-0.3, -0.25) is 9.59 Å². The topological polar surface area (TPSA) is 70.2 Å². The molecule has 2 N–H and O–H groups in total. The summed E-state index contributed by atoms with van der Waals surface area (Å²) in [5.74, 6) is -0.833. The summed E-state index contributed by atoms with van der Waals surface area (Å²) < 4.78 is 1.04. The third-order valence-electron chi connectivity index (χ3n) is 0.746. The van der Waals surface area contributed by atoms with E-state index in [1.54, 1.807) is 12.3 Å². The van der Waals surface area contributed by atoms with Crippen molar-refractivity contribution in [1.82, 2.24) is 4.98 Å². The first-order valence-electron chi connectivity index (χ1n) is 3.06. The first-order valence-corrected chi connectivity index (χ1v) is 4.14. The number of pyridine rings is 1. The summed E-state index contributed by atoms with van der Waals surface area (Å²) in [6.07, 6.45) is 1.67. The fourth-order valence-electron chi connectivity index (χ4n) is 0.392. The first kappa shape index (κ1) is 11.2. The van der Waals surface area contributed by atoms with E-state index in [4.69, 9.17) is 9.90 Å². The average Bonchev–Trinajstić information content (AvgIpc) is 1.94. The third kappa shape index (κ3) is 7.26. The van der Waals surface area contributed by atoms with E-state index in [1.165, 1.54) is 6.07 Å². The summed E-state index contributed by atoms with van der Waals surface area (Å²) in [6.45, 7) is 1.08. The largest absolute Gasteiger partial charge is 0.481 e. The summed E-state index contributed by atoms with van der Waals surface area (Å²) in [6, 6.07) is 3.27. The molecule has 0 aliphatic heterocycles. The minimum absolute atomic E-state index is 0.0505. The molecule has 1 rings (SSSR count). The summed E-state index contributed by atoms with van der Waals surface area (Å²) in [7, 11) is 0. The highest BCUT2D eigenvalue weighted by molar-refractivity contribution is 14.1. The van der Waals surface area contributed by atoms with Crippen molar-refractivity contribution in [3.63, 3.8) is 0 Å². The van der Waals surface area contributed by atoms with E-state index in [2.05, 4.69) is 27.6 Å². The van der Waals surface area contributed by atoms with Gasteiger partial charge in [0.15, 0.2) is 0 Å². The van der Waals surface area contributed by atoms with Gasteiger partial charge in [-0.15, -0.1) is 0 Å². The minimum atomic E-state index is -0.833. The van der Waals surface area contributed by atoms with Crippen LogP contribution in [0.15, 0.2) is 23.1 Å². The van der Waals surface area contributed by atoms with Gasteiger partial charge in [-0.2, -0.15) is 0 Å². The molecule has 12 heavy (non-hydrogen) atoms. The lowest BCUT2D eigenvalue weighted by atomic mass is 10.5. The maximum absolute atomic E-state index is 10.4. The lowest BCUT2D eigenvalue weighted by Gasteiger charge is -1.82. The van der Waals surface area contributed by atoms with Crippen LogP contribution >= 0.6 is 22.6 Å². The fourth-order valence-corrected chi connectivity index (χ4v) is 0.727. The Balaban J connectivity index is 0.000000261. The molecule has 0 aromatic carbocycles. The van der Waals surface area contributed by atoms with Gasteiger partial charge in [0.1, 0.15) is 0 Å². The zero-order chi connectivity index (χ0) is 9.56. The van der Waals surface area contributed by atoms with E-state index in [1.807, 2.05) is 0 Å². The molecule has 1 aromatic heterocycles. The van der Waals surface area contributed by atoms with Crippen LogP contribution in [0.1, 0.15) is 6.92 Å². The number of nitrogens with one attached hydrogen (secondary N) is 1. The van der Waals surface area contributed by atoms with Gasteiger partial charge in [0.05, 0.1) is 0 Å². The van der Waals surface area contributed by atoms with E-state index in [0.29, 0.717) is 0 Å². The lowest BCUT2D eigenvalue weighted by Crippen LogP contribution is -2.00. The van der Waals surface area contributed by atoms with Crippen molar-refractivity contribution < 1.29 is 9.90 Å². The van der Waals surface area contributed by atoms with Crippen LogP contribution in [-0.2, 0) is 4.79 Å². The maximum atomic E-state index is 10.4. The van der Waals surface area contributed by atoms with Crippen molar-refractivity contribution >= 4 is 28.6 Å². The van der Waals surface area contributed by atoms with Crippen molar-refractivity contribution in [3.05, 3.63) is 32.3 Å². The number of carboxylic acid groups (broad SMARTS) is 1. The number of aliphatic carboxylic acids is 1. The van der Waals surface area contributed by atoms with Gasteiger partial charge in [-0.25, -0.2) is 0 Å². The minimum Gasteiger partial charge on any atom is -0.481 e. The Morgan fingerprint density at radius 2 is 2.08 bits per heavy atom. The van der Waals surface area contributed by atoms with Gasteiger partial charge in [0.25, 0.3) is 5.97 Å². The molecule has 0 spiro atoms. The molecule has 0 saturated carbocycles. The summed E-state index contributed by atoms with van der Waals surface area (Å²) in [4.78, 5) is 21.9. The van der Waals surface area contributed by atoms with Crippen LogP contribution in [0, 0.1) is 3.57 Å². The van der Waals surface area contributed by atoms with Crippen LogP contribution in [0.25, 0.3) is 0 Å². The van der Waals surface area contributed by atoms with Gasteiger partial charge < -0.3 is 10.1 Å². The molecular weight excluding hydrogens is 273 g/mol. The molecule has 5 heteroatoms. The van der Waals surface area contributed by atoms with Gasteiger partial charge in [-0.1, -0.05) is 0 Å². The number of halogens is 1. The molecular formula is C7H8INO3. The highest BCUT2D eigenvalue weighted by atomic mass is 127. The zero-order valence-corrected chi connectivity index (χ0v) is 8.53. The molecule has 4 nitrogen and oxygen atoms in total. The molecule has 0 aliphatic rings. The van der Waals surface area contributed by atoms with E-state index >= 15 is 0 Å². The Morgan fingerprint density at radius 1 is 1.58 bits per heavy atom. The normalized spacial score (nSPS) is 8.17. The van der Waals surface area contributed by atoms with Gasteiger partial charge in [0, 0.05) is 22.8 Å². The van der Waals surface area contributed by atoms with Crippen molar-refractivity contribution in [2.24, 2.45) is 0 Å². The first-order chi connectivity index (χ1) is 5.52. The number of aromatic nitrogens is 1. The number of aromatic amines is 1. The van der Waals surface area contributed by atoms with Crippen LogP contribution in [-0.4, -0.2) is 16.1 Å². The molecule has 0 atom stereocenters. The van der Waals surface area contributed by atoms with E-state index in [0.717, 1.165) is 10.5 Å². The van der Waals surface area contributed by atoms with Gasteiger partial charge in [0.2, 0.25) is 5.56 Å². The summed E-state index contributed by atoms with van der Waals surface area (Å²) >= 11 is 2.13. The molecule has 0 unspecified atom stereocenters.